The van der Waals surface area contributed by atoms with Gasteiger partial charge in [-0.3, -0.25) is 0 Å². The van der Waals surface area contributed by atoms with Gasteiger partial charge in [-0.25, -0.2) is 0 Å². The second-order valence-electron chi connectivity index (χ2n) is 4.56. The van der Waals surface area contributed by atoms with E-state index < -0.39 is 0 Å². The fourth-order valence-electron chi connectivity index (χ4n) is 2.21. The highest BCUT2D eigenvalue weighted by atomic mass is 35.5. The van der Waals surface area contributed by atoms with E-state index in [0.29, 0.717) is 0 Å². The normalized spacial score (nSPS) is 10.6. The summed E-state index contributed by atoms with van der Waals surface area (Å²) in [5.74, 6) is 0. The van der Waals surface area contributed by atoms with E-state index in [-0.39, 0.29) is 0 Å². The van der Waals surface area contributed by atoms with E-state index in [1.165, 1.54) is 33.4 Å². The molecular formula is C16H17Cl. The van der Waals surface area contributed by atoms with Crippen LogP contribution in [0.5, 0.6) is 0 Å². The number of rotatable bonds is 1. The standard InChI is InChI=1S/C16H17Cl/c1-10-11(2)13(4)16(17)15(12(10)3)14-8-6-5-7-9-14/h5-9H,1-4H3. The van der Waals surface area contributed by atoms with E-state index in [1.54, 1.807) is 0 Å². The zero-order valence-corrected chi connectivity index (χ0v) is 11.5. The van der Waals surface area contributed by atoms with Crippen LogP contribution in [0.15, 0.2) is 30.3 Å². The van der Waals surface area contributed by atoms with Crippen molar-refractivity contribution >= 4 is 11.6 Å². The first-order valence-electron chi connectivity index (χ1n) is 5.85. The maximum atomic E-state index is 6.51. The first-order chi connectivity index (χ1) is 8.04. The Hall–Kier alpha value is -1.27. The quantitative estimate of drug-likeness (QED) is 0.644. The molecule has 0 aliphatic carbocycles. The van der Waals surface area contributed by atoms with E-state index in [2.05, 4.69) is 52.0 Å². The highest BCUT2D eigenvalue weighted by molar-refractivity contribution is 6.34. The van der Waals surface area contributed by atoms with E-state index in [1.807, 2.05) is 6.07 Å². The lowest BCUT2D eigenvalue weighted by Gasteiger charge is -2.17. The van der Waals surface area contributed by atoms with Crippen molar-refractivity contribution in [3.8, 4) is 11.1 Å². The van der Waals surface area contributed by atoms with Crippen molar-refractivity contribution in [2.45, 2.75) is 27.7 Å². The fourth-order valence-corrected chi connectivity index (χ4v) is 2.61. The monoisotopic (exact) mass is 244 g/mol. The van der Waals surface area contributed by atoms with Gasteiger partial charge in [0.25, 0.3) is 0 Å². The van der Waals surface area contributed by atoms with Gasteiger partial charge in [0.05, 0.1) is 5.02 Å². The Morgan fingerprint density at radius 1 is 0.706 bits per heavy atom. The van der Waals surface area contributed by atoms with Crippen LogP contribution in [0.1, 0.15) is 22.3 Å². The van der Waals surface area contributed by atoms with E-state index in [4.69, 9.17) is 11.6 Å². The Labute approximate surface area is 108 Å². The third-order valence-corrected chi connectivity index (χ3v) is 4.15. The van der Waals surface area contributed by atoms with Crippen LogP contribution in [0.4, 0.5) is 0 Å². The lowest BCUT2D eigenvalue weighted by molar-refractivity contribution is 1.22. The van der Waals surface area contributed by atoms with Crippen molar-refractivity contribution in [2.24, 2.45) is 0 Å². The summed E-state index contributed by atoms with van der Waals surface area (Å²) in [7, 11) is 0. The Morgan fingerprint density at radius 3 is 1.82 bits per heavy atom. The van der Waals surface area contributed by atoms with Gasteiger partial charge in [0, 0.05) is 5.56 Å². The van der Waals surface area contributed by atoms with Crippen molar-refractivity contribution in [3.05, 3.63) is 57.6 Å². The predicted octanol–water partition coefficient (Wildman–Crippen LogP) is 5.24. The van der Waals surface area contributed by atoms with Crippen LogP contribution in [-0.2, 0) is 0 Å². The van der Waals surface area contributed by atoms with Gasteiger partial charge in [-0.05, 0) is 55.5 Å². The molecule has 0 fully saturated rings. The average molecular weight is 245 g/mol. The summed E-state index contributed by atoms with van der Waals surface area (Å²) >= 11 is 6.51. The second-order valence-corrected chi connectivity index (χ2v) is 4.93. The topological polar surface area (TPSA) is 0 Å². The van der Waals surface area contributed by atoms with Crippen molar-refractivity contribution in [3.63, 3.8) is 0 Å². The third-order valence-electron chi connectivity index (χ3n) is 3.67. The maximum Gasteiger partial charge on any atom is 0.0519 e. The molecule has 0 radical (unpaired) electrons. The molecule has 0 aliphatic rings. The Balaban J connectivity index is 2.80. The van der Waals surface area contributed by atoms with E-state index in [9.17, 15) is 0 Å². The summed E-state index contributed by atoms with van der Waals surface area (Å²) in [6.07, 6.45) is 0. The van der Waals surface area contributed by atoms with Crippen LogP contribution in [0.2, 0.25) is 5.02 Å². The van der Waals surface area contributed by atoms with Crippen LogP contribution in [-0.4, -0.2) is 0 Å². The zero-order chi connectivity index (χ0) is 12.6. The van der Waals surface area contributed by atoms with Crippen LogP contribution >= 0.6 is 11.6 Å². The van der Waals surface area contributed by atoms with Gasteiger partial charge in [-0.15, -0.1) is 0 Å². The first-order valence-corrected chi connectivity index (χ1v) is 6.23. The Bertz CT molecular complexity index is 524. The van der Waals surface area contributed by atoms with Crippen molar-refractivity contribution in [1.29, 1.82) is 0 Å². The highest BCUT2D eigenvalue weighted by Gasteiger charge is 2.14. The third kappa shape index (κ3) is 1.98. The van der Waals surface area contributed by atoms with Crippen molar-refractivity contribution in [2.75, 3.05) is 0 Å². The van der Waals surface area contributed by atoms with Gasteiger partial charge in [0.1, 0.15) is 0 Å². The number of benzene rings is 2. The summed E-state index contributed by atoms with van der Waals surface area (Å²) in [6, 6.07) is 10.4. The molecule has 2 aromatic rings. The maximum absolute atomic E-state index is 6.51. The summed E-state index contributed by atoms with van der Waals surface area (Å²) in [5.41, 5.74) is 7.48. The minimum atomic E-state index is 0.886. The molecule has 0 N–H and O–H groups in total. The number of hydrogen-bond donors (Lipinski definition) is 0. The molecule has 0 atom stereocenters. The number of hydrogen-bond acceptors (Lipinski definition) is 0. The molecule has 0 unspecified atom stereocenters. The van der Waals surface area contributed by atoms with Gasteiger partial charge in [0.2, 0.25) is 0 Å². The lowest BCUT2D eigenvalue weighted by Crippen LogP contribution is -1.96. The first kappa shape index (κ1) is 12.2. The lowest BCUT2D eigenvalue weighted by atomic mass is 9.91. The molecule has 1 heteroatoms. The SMILES string of the molecule is Cc1c(C)c(C)c(-c2ccccc2)c(Cl)c1C. The molecule has 0 aromatic heterocycles. The zero-order valence-electron chi connectivity index (χ0n) is 10.8. The van der Waals surface area contributed by atoms with Crippen LogP contribution in [0.25, 0.3) is 11.1 Å². The summed E-state index contributed by atoms with van der Waals surface area (Å²) < 4.78 is 0. The summed E-state index contributed by atoms with van der Waals surface area (Å²) in [5, 5.41) is 0.886. The van der Waals surface area contributed by atoms with Gasteiger partial charge in [-0.1, -0.05) is 41.9 Å². The molecule has 0 heterocycles. The predicted molar refractivity (Wildman–Crippen MR) is 75.8 cm³/mol. The van der Waals surface area contributed by atoms with E-state index in [0.717, 1.165) is 5.02 Å². The minimum Gasteiger partial charge on any atom is -0.0834 e. The smallest absolute Gasteiger partial charge is 0.0519 e. The molecule has 88 valence electrons. The van der Waals surface area contributed by atoms with Gasteiger partial charge < -0.3 is 0 Å². The largest absolute Gasteiger partial charge is 0.0834 e. The van der Waals surface area contributed by atoms with E-state index >= 15 is 0 Å². The highest BCUT2D eigenvalue weighted by Crippen LogP contribution is 2.37. The Morgan fingerprint density at radius 2 is 1.24 bits per heavy atom. The molecule has 0 nitrogen and oxygen atoms in total. The Kier molecular flexibility index (Phi) is 3.26. The molecule has 0 spiro atoms. The van der Waals surface area contributed by atoms with Crippen LogP contribution in [0, 0.1) is 27.7 Å². The summed E-state index contributed by atoms with van der Waals surface area (Å²) in [4.78, 5) is 0. The molecule has 2 rings (SSSR count). The number of halogens is 1. The molecule has 0 saturated heterocycles. The molecular weight excluding hydrogens is 228 g/mol. The molecule has 0 bridgehead atoms. The van der Waals surface area contributed by atoms with Gasteiger partial charge in [0.15, 0.2) is 0 Å². The van der Waals surface area contributed by atoms with Gasteiger partial charge in [-0.2, -0.15) is 0 Å². The van der Waals surface area contributed by atoms with Crippen LogP contribution < -0.4 is 0 Å². The van der Waals surface area contributed by atoms with Crippen molar-refractivity contribution < 1.29 is 0 Å². The minimum absolute atomic E-state index is 0.886. The molecule has 0 saturated carbocycles. The van der Waals surface area contributed by atoms with Gasteiger partial charge >= 0.3 is 0 Å². The molecule has 0 aliphatic heterocycles. The summed E-state index contributed by atoms with van der Waals surface area (Å²) in [6.45, 7) is 8.55. The van der Waals surface area contributed by atoms with Crippen LogP contribution in [0.3, 0.4) is 0 Å². The molecule has 0 amide bonds. The molecule has 17 heavy (non-hydrogen) atoms. The average Bonchev–Trinajstić information content (AvgIpc) is 2.36. The molecule has 2 aromatic carbocycles. The fraction of sp³-hybridized carbons (Fsp3) is 0.250. The van der Waals surface area contributed by atoms with Crippen molar-refractivity contribution in [1.82, 2.24) is 0 Å². The second kappa shape index (κ2) is 4.54.